The molecular weight excluding hydrogens is 422 g/mol. The van der Waals surface area contributed by atoms with E-state index in [1.54, 1.807) is 0 Å². The Bertz CT molecular complexity index is 1130. The largest absolute Gasteiger partial charge is 0.477 e. The minimum absolute atomic E-state index is 0.0270. The lowest BCUT2D eigenvalue weighted by atomic mass is 9.88. The number of thiophene rings is 1. The van der Waals surface area contributed by atoms with Crippen molar-refractivity contribution in [3.05, 3.63) is 75.2 Å². The summed E-state index contributed by atoms with van der Waals surface area (Å²) in [4.78, 5) is 24.7. The lowest BCUT2D eigenvalue weighted by Gasteiger charge is -2.24. The number of carbonyl (C=O) groups excluding carboxylic acids is 1. The van der Waals surface area contributed by atoms with Crippen molar-refractivity contribution in [2.24, 2.45) is 0 Å². The van der Waals surface area contributed by atoms with Crippen molar-refractivity contribution in [3.63, 3.8) is 0 Å². The molecule has 1 aliphatic rings. The second kappa shape index (κ2) is 7.24. The molecule has 154 valence electrons. The number of amides is 1. The number of carbonyl (C=O) groups is 2. The molecule has 2 aromatic carbocycles. The molecule has 1 amide bonds. The summed E-state index contributed by atoms with van der Waals surface area (Å²) in [6.45, 7) is 0. The van der Waals surface area contributed by atoms with Gasteiger partial charge >= 0.3 is 12.1 Å². The second-order valence-electron chi connectivity index (χ2n) is 6.78. The van der Waals surface area contributed by atoms with E-state index in [0.29, 0.717) is 21.7 Å². The van der Waals surface area contributed by atoms with Gasteiger partial charge in [0.1, 0.15) is 10.7 Å². The van der Waals surface area contributed by atoms with Crippen LogP contribution in [0.2, 0.25) is 0 Å². The maximum Gasteiger partial charge on any atom is 0.416 e. The van der Waals surface area contributed by atoms with Crippen molar-refractivity contribution in [1.29, 1.82) is 0 Å². The number of fused-ring (bicyclic) bond motifs is 1. The Morgan fingerprint density at radius 1 is 1.07 bits per heavy atom. The highest BCUT2D eigenvalue weighted by Crippen LogP contribution is 2.49. The second-order valence-corrected chi connectivity index (χ2v) is 7.83. The molecule has 1 aliphatic heterocycles. The summed E-state index contributed by atoms with van der Waals surface area (Å²) in [6, 6.07) is 9.67. The van der Waals surface area contributed by atoms with Gasteiger partial charge in [-0.1, -0.05) is 24.3 Å². The van der Waals surface area contributed by atoms with Crippen LogP contribution in [0.25, 0.3) is 11.1 Å². The molecule has 0 spiro atoms. The first-order chi connectivity index (χ1) is 14.1. The number of carboxylic acid groups (broad SMARTS) is 1. The van der Waals surface area contributed by atoms with Crippen LogP contribution in [0.3, 0.4) is 0 Å². The molecule has 2 heterocycles. The third-order valence-corrected chi connectivity index (χ3v) is 6.16. The maximum absolute atomic E-state index is 13.3. The van der Waals surface area contributed by atoms with Crippen LogP contribution in [-0.4, -0.2) is 17.0 Å². The molecule has 0 saturated carbocycles. The van der Waals surface area contributed by atoms with Gasteiger partial charge in [0.05, 0.1) is 11.3 Å². The minimum atomic E-state index is -4.48. The van der Waals surface area contributed by atoms with Crippen molar-refractivity contribution >= 4 is 28.9 Å². The minimum Gasteiger partial charge on any atom is -0.477 e. The Hall–Kier alpha value is -3.20. The van der Waals surface area contributed by atoms with Crippen LogP contribution in [0.15, 0.2) is 48.5 Å². The Balaban J connectivity index is 1.86. The van der Waals surface area contributed by atoms with Gasteiger partial charge in [-0.05, 0) is 35.4 Å². The number of hydrogen-bond acceptors (Lipinski definition) is 3. The number of alkyl halides is 3. The first kappa shape index (κ1) is 20.1. The van der Waals surface area contributed by atoms with Crippen LogP contribution < -0.4 is 5.32 Å². The Morgan fingerprint density at radius 3 is 2.27 bits per heavy atom. The van der Waals surface area contributed by atoms with E-state index in [9.17, 15) is 32.3 Å². The number of hydrogen-bond donors (Lipinski definition) is 2. The van der Waals surface area contributed by atoms with Gasteiger partial charge in [-0.25, -0.2) is 9.18 Å². The highest BCUT2D eigenvalue weighted by Gasteiger charge is 2.35. The quantitative estimate of drug-likeness (QED) is 0.515. The molecule has 4 rings (SSSR count). The smallest absolute Gasteiger partial charge is 0.416 e. The molecule has 4 nitrogen and oxygen atoms in total. The lowest BCUT2D eigenvalue weighted by molar-refractivity contribution is -0.137. The number of rotatable bonds is 3. The predicted octanol–water partition coefficient (Wildman–Crippen LogP) is 5.75. The zero-order valence-corrected chi connectivity index (χ0v) is 15.9. The fraction of sp³-hybridized carbons (Fsp3) is 0.143. The van der Waals surface area contributed by atoms with Gasteiger partial charge in [0.2, 0.25) is 5.91 Å². The number of anilines is 1. The Labute approximate surface area is 171 Å². The van der Waals surface area contributed by atoms with Crippen molar-refractivity contribution in [2.45, 2.75) is 18.5 Å². The van der Waals surface area contributed by atoms with Crippen LogP contribution in [0.4, 0.5) is 23.2 Å². The van der Waals surface area contributed by atoms with E-state index in [1.165, 1.54) is 36.4 Å². The normalized spacial score (nSPS) is 16.1. The molecule has 3 aromatic rings. The first-order valence-corrected chi connectivity index (χ1v) is 9.59. The number of carboxylic acids is 1. The van der Waals surface area contributed by atoms with Gasteiger partial charge in [0.15, 0.2) is 0 Å². The summed E-state index contributed by atoms with van der Waals surface area (Å²) >= 11 is 0.954. The molecular formula is C21H13F4NO3S. The summed E-state index contributed by atoms with van der Waals surface area (Å²) in [5.74, 6) is -2.68. The Morgan fingerprint density at radius 2 is 1.70 bits per heavy atom. The van der Waals surface area contributed by atoms with Crippen LogP contribution in [0.1, 0.15) is 38.0 Å². The van der Waals surface area contributed by atoms with Crippen molar-refractivity contribution in [3.8, 4) is 11.1 Å². The van der Waals surface area contributed by atoms with E-state index in [0.717, 1.165) is 23.5 Å². The van der Waals surface area contributed by atoms with E-state index in [4.69, 9.17) is 0 Å². The van der Waals surface area contributed by atoms with Crippen molar-refractivity contribution in [2.75, 3.05) is 5.32 Å². The van der Waals surface area contributed by atoms with E-state index in [-0.39, 0.29) is 22.8 Å². The van der Waals surface area contributed by atoms with Gasteiger partial charge in [0.25, 0.3) is 0 Å². The highest BCUT2D eigenvalue weighted by molar-refractivity contribution is 7.15. The van der Waals surface area contributed by atoms with Crippen molar-refractivity contribution < 1.29 is 32.3 Å². The molecule has 0 radical (unpaired) electrons. The summed E-state index contributed by atoms with van der Waals surface area (Å²) in [5.41, 5.74) is 0.636. The SMILES string of the molecule is O=C1CC(c2ccc(C(F)(F)F)cc2)c2sc(C(=O)O)c(-c3ccc(F)cc3)c2N1. The molecule has 1 unspecified atom stereocenters. The van der Waals surface area contributed by atoms with E-state index in [1.807, 2.05) is 0 Å². The van der Waals surface area contributed by atoms with Crippen LogP contribution in [0.5, 0.6) is 0 Å². The highest BCUT2D eigenvalue weighted by atomic mass is 32.1. The van der Waals surface area contributed by atoms with Crippen LogP contribution in [0, 0.1) is 5.82 Å². The molecule has 1 atom stereocenters. The third kappa shape index (κ3) is 3.56. The van der Waals surface area contributed by atoms with Gasteiger partial charge in [-0.2, -0.15) is 13.2 Å². The van der Waals surface area contributed by atoms with Crippen LogP contribution >= 0.6 is 11.3 Å². The number of benzene rings is 2. The molecule has 2 N–H and O–H groups in total. The molecule has 0 fully saturated rings. The predicted molar refractivity (Wildman–Crippen MR) is 103 cm³/mol. The zero-order valence-electron chi connectivity index (χ0n) is 15.1. The maximum atomic E-state index is 13.3. The van der Waals surface area contributed by atoms with Gasteiger partial charge in [-0.15, -0.1) is 11.3 Å². The summed E-state index contributed by atoms with van der Waals surface area (Å²) in [5, 5.41) is 12.4. The average molecular weight is 435 g/mol. The van der Waals surface area contributed by atoms with Gasteiger partial charge < -0.3 is 10.4 Å². The zero-order chi connectivity index (χ0) is 21.6. The van der Waals surface area contributed by atoms with E-state index in [2.05, 4.69) is 5.32 Å². The summed E-state index contributed by atoms with van der Waals surface area (Å²) < 4.78 is 51.9. The molecule has 0 bridgehead atoms. The Kier molecular flexibility index (Phi) is 4.85. The molecule has 30 heavy (non-hydrogen) atoms. The van der Waals surface area contributed by atoms with E-state index < -0.39 is 29.4 Å². The lowest BCUT2D eigenvalue weighted by Crippen LogP contribution is -2.22. The topological polar surface area (TPSA) is 66.4 Å². The fourth-order valence-corrected chi connectivity index (χ4v) is 4.75. The van der Waals surface area contributed by atoms with Gasteiger partial charge in [0, 0.05) is 22.8 Å². The third-order valence-electron chi connectivity index (χ3n) is 4.87. The molecule has 9 heteroatoms. The summed E-state index contributed by atoms with van der Waals surface area (Å²) in [6.07, 6.45) is -4.51. The van der Waals surface area contributed by atoms with Crippen LogP contribution in [-0.2, 0) is 11.0 Å². The number of halogens is 4. The first-order valence-electron chi connectivity index (χ1n) is 8.78. The molecule has 0 saturated heterocycles. The fourth-order valence-electron chi connectivity index (χ4n) is 3.50. The van der Waals surface area contributed by atoms with Gasteiger partial charge in [-0.3, -0.25) is 4.79 Å². The standard InChI is InChI=1S/C21H13F4NO3S/c22-13-7-3-11(4-8-13)16-17-18(30-19(16)20(28)29)14(9-15(27)26-17)10-1-5-12(6-2-10)21(23,24)25/h1-8,14H,9H2,(H,26,27)(H,28,29). The monoisotopic (exact) mass is 435 g/mol. The average Bonchev–Trinajstić information content (AvgIpc) is 3.07. The summed E-state index contributed by atoms with van der Waals surface area (Å²) in [7, 11) is 0. The number of nitrogens with one attached hydrogen (secondary N) is 1. The molecule has 0 aliphatic carbocycles. The van der Waals surface area contributed by atoms with E-state index >= 15 is 0 Å². The van der Waals surface area contributed by atoms with Crippen molar-refractivity contribution in [1.82, 2.24) is 0 Å². The molecule has 1 aromatic heterocycles. The number of aromatic carboxylic acids is 1.